The number of hydrogen-bond donors (Lipinski definition) is 3. The molecule has 0 spiro atoms. The summed E-state index contributed by atoms with van der Waals surface area (Å²) in [5.41, 5.74) is 0. The molecule has 0 aromatic rings. The van der Waals surface area contributed by atoms with Gasteiger partial charge in [-0.1, -0.05) is 427 Å². The smallest absolute Gasteiger partial charge is 0.462 e. The van der Waals surface area contributed by atoms with Gasteiger partial charge in [-0.3, -0.25) is 37.3 Å². The van der Waals surface area contributed by atoms with E-state index in [1.807, 2.05) is 0 Å². The van der Waals surface area contributed by atoms with Crippen molar-refractivity contribution < 1.29 is 80.2 Å². The van der Waals surface area contributed by atoms with Crippen molar-refractivity contribution >= 4 is 39.5 Å². The van der Waals surface area contributed by atoms with E-state index in [1.165, 1.54) is 295 Å². The van der Waals surface area contributed by atoms with Crippen molar-refractivity contribution in [2.75, 3.05) is 39.6 Å². The second-order valence-electron chi connectivity index (χ2n) is 32.9. The SMILES string of the molecule is CCCCCCCCCCCCCCCCCCCCCC(=O)O[C@H](COC(=O)CCCCCCCCCCC)COP(=O)(O)OC[C@H](O)COP(=O)(O)OC[C@@H](COC(=O)CCCCCCCCCCCCCCCCCCC(C)C)OC(=O)CCCCCCCCCCCCCCCCCCCCC(C)C. The molecule has 108 heavy (non-hydrogen) atoms. The third kappa shape index (κ3) is 82.1. The fourth-order valence-corrected chi connectivity index (χ4v) is 15.5. The average Bonchev–Trinajstić information content (AvgIpc) is 0.889. The molecule has 0 aromatic carbocycles. The summed E-state index contributed by atoms with van der Waals surface area (Å²) in [6.07, 6.45) is 73.7. The molecule has 0 saturated heterocycles. The summed E-state index contributed by atoms with van der Waals surface area (Å²) >= 11 is 0. The molecule has 0 fully saturated rings. The van der Waals surface area contributed by atoms with Gasteiger partial charge in [0.1, 0.15) is 19.3 Å². The minimum Gasteiger partial charge on any atom is -0.462 e. The number of carbonyl (C=O) groups excluding carboxylic acids is 4. The highest BCUT2D eigenvalue weighted by Gasteiger charge is 2.31. The van der Waals surface area contributed by atoms with E-state index in [2.05, 4.69) is 41.5 Å². The summed E-state index contributed by atoms with van der Waals surface area (Å²) in [6, 6.07) is 0. The van der Waals surface area contributed by atoms with E-state index in [9.17, 15) is 43.2 Å². The number of esters is 4. The highest BCUT2D eigenvalue weighted by atomic mass is 31.2. The van der Waals surface area contributed by atoms with Gasteiger partial charge in [0, 0.05) is 25.7 Å². The zero-order valence-corrected chi connectivity index (χ0v) is 73.0. The van der Waals surface area contributed by atoms with Gasteiger partial charge in [-0.05, 0) is 37.5 Å². The largest absolute Gasteiger partial charge is 0.472 e. The maximum Gasteiger partial charge on any atom is 0.472 e. The summed E-state index contributed by atoms with van der Waals surface area (Å²) in [5, 5.41) is 10.7. The van der Waals surface area contributed by atoms with Crippen molar-refractivity contribution in [3.05, 3.63) is 0 Å². The Labute approximate surface area is 664 Å². The van der Waals surface area contributed by atoms with E-state index in [0.29, 0.717) is 25.7 Å². The van der Waals surface area contributed by atoms with Crippen LogP contribution in [0.15, 0.2) is 0 Å². The Bertz CT molecular complexity index is 2060. The summed E-state index contributed by atoms with van der Waals surface area (Å²) in [7, 11) is -9.93. The van der Waals surface area contributed by atoms with E-state index in [0.717, 1.165) is 102 Å². The number of aliphatic hydroxyl groups excluding tert-OH is 1. The second-order valence-corrected chi connectivity index (χ2v) is 35.8. The number of ether oxygens (including phenoxy) is 4. The fourth-order valence-electron chi connectivity index (χ4n) is 14.0. The predicted molar refractivity (Wildman–Crippen MR) is 446 cm³/mol. The van der Waals surface area contributed by atoms with Crippen LogP contribution in [0.3, 0.4) is 0 Å². The summed E-state index contributed by atoms with van der Waals surface area (Å²) < 4.78 is 68.9. The standard InChI is InChI=1S/C89H174O17P2/c1-7-9-11-13-15-17-18-19-20-21-22-26-33-38-43-49-55-61-67-73-88(93)105-84(77-99-86(91)71-65-59-53-45-16-14-12-10-8-2)79-103-107(95,96)101-75-83(90)76-102-108(97,98)104-80-85(78-100-87(92)72-66-60-54-48-42-37-32-29-28-31-36-41-47-52-58-64-70-82(5)6)106-89(94)74-68-62-56-50-44-39-34-27-24-23-25-30-35-40-46-51-57-63-69-81(3)4/h81-85,90H,7-80H2,1-6H3,(H,95,96)(H,97,98)/t83-,84+,85+/m0/s1. The van der Waals surface area contributed by atoms with Crippen molar-refractivity contribution in [1.82, 2.24) is 0 Å². The van der Waals surface area contributed by atoms with E-state index in [-0.39, 0.29) is 25.7 Å². The normalized spacial score (nSPS) is 13.8. The molecule has 0 aliphatic carbocycles. The third-order valence-electron chi connectivity index (χ3n) is 21.0. The highest BCUT2D eigenvalue weighted by molar-refractivity contribution is 7.47. The minimum absolute atomic E-state index is 0.109. The molecule has 0 aliphatic heterocycles. The van der Waals surface area contributed by atoms with Gasteiger partial charge >= 0.3 is 39.5 Å². The van der Waals surface area contributed by atoms with E-state index in [1.54, 1.807) is 0 Å². The lowest BCUT2D eigenvalue weighted by molar-refractivity contribution is -0.161. The zero-order chi connectivity index (χ0) is 79.2. The van der Waals surface area contributed by atoms with Crippen LogP contribution in [0, 0.1) is 11.8 Å². The molecule has 19 heteroatoms. The van der Waals surface area contributed by atoms with Gasteiger partial charge in [0.2, 0.25) is 0 Å². The molecule has 0 aromatic heterocycles. The molecular weight excluding hydrogens is 1400 g/mol. The molecule has 642 valence electrons. The van der Waals surface area contributed by atoms with Gasteiger partial charge in [-0.25, -0.2) is 9.13 Å². The third-order valence-corrected chi connectivity index (χ3v) is 22.9. The Hall–Kier alpha value is -1.94. The maximum atomic E-state index is 13.2. The average molecular weight is 1580 g/mol. The number of phosphoric ester groups is 2. The van der Waals surface area contributed by atoms with E-state index >= 15 is 0 Å². The lowest BCUT2D eigenvalue weighted by atomic mass is 10.0. The Morgan fingerprint density at radius 1 is 0.250 bits per heavy atom. The van der Waals surface area contributed by atoms with Crippen molar-refractivity contribution in [1.29, 1.82) is 0 Å². The Kier molecular flexibility index (Phi) is 78.8. The van der Waals surface area contributed by atoms with E-state index < -0.39 is 97.5 Å². The van der Waals surface area contributed by atoms with Gasteiger partial charge in [0.15, 0.2) is 12.2 Å². The van der Waals surface area contributed by atoms with Crippen molar-refractivity contribution in [2.24, 2.45) is 11.8 Å². The first-order valence-corrected chi connectivity index (χ1v) is 49.0. The van der Waals surface area contributed by atoms with Crippen LogP contribution in [-0.2, 0) is 65.4 Å². The first-order chi connectivity index (χ1) is 52.4. The Morgan fingerprint density at radius 2 is 0.426 bits per heavy atom. The topological polar surface area (TPSA) is 237 Å². The first-order valence-electron chi connectivity index (χ1n) is 46.0. The van der Waals surface area contributed by atoms with Gasteiger partial charge in [-0.2, -0.15) is 0 Å². The van der Waals surface area contributed by atoms with Gasteiger partial charge < -0.3 is 33.8 Å². The molecule has 0 saturated carbocycles. The lowest BCUT2D eigenvalue weighted by Gasteiger charge is -2.21. The van der Waals surface area contributed by atoms with Crippen LogP contribution in [-0.4, -0.2) is 96.7 Å². The summed E-state index contributed by atoms with van der Waals surface area (Å²) in [4.78, 5) is 73.3. The van der Waals surface area contributed by atoms with Crippen LogP contribution in [0.4, 0.5) is 0 Å². The Balaban J connectivity index is 5.20. The molecule has 3 N–H and O–H groups in total. The fraction of sp³-hybridized carbons (Fsp3) is 0.955. The predicted octanol–water partition coefficient (Wildman–Crippen LogP) is 27.4. The maximum absolute atomic E-state index is 13.2. The lowest BCUT2D eigenvalue weighted by Crippen LogP contribution is -2.30. The summed E-state index contributed by atoms with van der Waals surface area (Å²) in [6.45, 7) is 9.74. The van der Waals surface area contributed by atoms with Crippen LogP contribution in [0.25, 0.3) is 0 Å². The zero-order valence-electron chi connectivity index (χ0n) is 71.2. The summed E-state index contributed by atoms with van der Waals surface area (Å²) in [5.74, 6) is -0.466. The van der Waals surface area contributed by atoms with Crippen LogP contribution in [0.2, 0.25) is 0 Å². The van der Waals surface area contributed by atoms with Crippen LogP contribution >= 0.6 is 15.6 Å². The second kappa shape index (κ2) is 80.3. The molecule has 0 heterocycles. The number of carbonyl (C=O) groups is 4. The van der Waals surface area contributed by atoms with Gasteiger partial charge in [-0.15, -0.1) is 0 Å². The number of aliphatic hydroxyl groups is 1. The van der Waals surface area contributed by atoms with E-state index in [4.69, 9.17) is 37.0 Å². The van der Waals surface area contributed by atoms with Crippen LogP contribution < -0.4 is 0 Å². The highest BCUT2D eigenvalue weighted by Crippen LogP contribution is 2.45. The van der Waals surface area contributed by atoms with Gasteiger partial charge in [0.25, 0.3) is 0 Å². The molecule has 2 unspecified atom stereocenters. The van der Waals surface area contributed by atoms with Crippen molar-refractivity contribution in [2.45, 2.75) is 496 Å². The molecule has 0 bridgehead atoms. The van der Waals surface area contributed by atoms with Crippen molar-refractivity contribution in [3.8, 4) is 0 Å². The van der Waals surface area contributed by atoms with Crippen LogP contribution in [0.1, 0.15) is 478 Å². The monoisotopic (exact) mass is 1580 g/mol. The molecule has 0 amide bonds. The van der Waals surface area contributed by atoms with Gasteiger partial charge in [0.05, 0.1) is 26.4 Å². The molecule has 5 atom stereocenters. The number of phosphoric acid groups is 2. The number of hydrogen-bond acceptors (Lipinski definition) is 15. The molecule has 0 aliphatic rings. The first kappa shape index (κ1) is 106. The molecule has 0 radical (unpaired) electrons. The Morgan fingerprint density at radius 3 is 0.630 bits per heavy atom. The van der Waals surface area contributed by atoms with Crippen LogP contribution in [0.5, 0.6) is 0 Å². The molecule has 0 rings (SSSR count). The quantitative estimate of drug-likeness (QED) is 0.0222. The minimum atomic E-state index is -4.97. The molecular formula is C89H174O17P2. The number of rotatable bonds is 88. The molecule has 17 nitrogen and oxygen atoms in total. The van der Waals surface area contributed by atoms with Crippen molar-refractivity contribution in [3.63, 3.8) is 0 Å². The number of unbranched alkanes of at least 4 members (excludes halogenated alkanes) is 58.